The third-order valence-electron chi connectivity index (χ3n) is 5.26. The highest BCUT2D eigenvalue weighted by molar-refractivity contribution is 5.75. The van der Waals surface area contributed by atoms with Crippen molar-refractivity contribution < 1.29 is 14.3 Å². The van der Waals surface area contributed by atoms with Crippen molar-refractivity contribution >= 4 is 6.03 Å². The maximum absolute atomic E-state index is 12.9. The van der Waals surface area contributed by atoms with Gasteiger partial charge in [-0.05, 0) is 36.1 Å². The third-order valence-corrected chi connectivity index (χ3v) is 5.26. The summed E-state index contributed by atoms with van der Waals surface area (Å²) in [6, 6.07) is 15.8. The van der Waals surface area contributed by atoms with Crippen LogP contribution in [0.25, 0.3) is 0 Å². The second kappa shape index (κ2) is 9.00. The summed E-state index contributed by atoms with van der Waals surface area (Å²) in [4.78, 5) is 14.7. The smallest absolute Gasteiger partial charge is 0.318 e. The summed E-state index contributed by atoms with van der Waals surface area (Å²) in [6.45, 7) is 7.56. The van der Waals surface area contributed by atoms with Crippen molar-refractivity contribution in [3.8, 4) is 11.5 Å². The highest BCUT2D eigenvalue weighted by atomic mass is 16.5. The van der Waals surface area contributed by atoms with Gasteiger partial charge in [0, 0.05) is 13.5 Å². The Labute approximate surface area is 167 Å². The summed E-state index contributed by atoms with van der Waals surface area (Å²) in [7, 11) is 1.83. The molecule has 150 valence electrons. The number of hydrogen-bond acceptors (Lipinski definition) is 3. The molecule has 28 heavy (non-hydrogen) atoms. The minimum absolute atomic E-state index is 0.0159. The van der Waals surface area contributed by atoms with Crippen molar-refractivity contribution in [1.82, 2.24) is 10.2 Å². The Morgan fingerprint density at radius 3 is 2.32 bits per heavy atom. The number of amides is 2. The number of ether oxygens (including phenoxy) is 2. The van der Waals surface area contributed by atoms with E-state index in [2.05, 4.69) is 19.2 Å². The van der Waals surface area contributed by atoms with Crippen molar-refractivity contribution in [1.29, 1.82) is 0 Å². The van der Waals surface area contributed by atoms with Crippen LogP contribution in [0.15, 0.2) is 48.5 Å². The SMILES string of the molecule is CC(C)[C@@H](NC(=O)N(C)[C@@H](C)c1ccccc1)c1ccc2c(c1)OCCCO2. The lowest BCUT2D eigenvalue weighted by atomic mass is 9.95. The Balaban J connectivity index is 1.76. The van der Waals surface area contributed by atoms with Crippen molar-refractivity contribution in [3.63, 3.8) is 0 Å². The molecule has 1 N–H and O–H groups in total. The van der Waals surface area contributed by atoms with Crippen LogP contribution in [0.5, 0.6) is 11.5 Å². The van der Waals surface area contributed by atoms with E-state index in [0.29, 0.717) is 13.2 Å². The van der Waals surface area contributed by atoms with Gasteiger partial charge in [-0.1, -0.05) is 50.2 Å². The predicted octanol–water partition coefficient (Wildman–Crippen LogP) is 4.95. The minimum atomic E-state index is -0.116. The van der Waals surface area contributed by atoms with Gasteiger partial charge in [0.2, 0.25) is 0 Å². The molecule has 1 aliphatic rings. The van der Waals surface area contributed by atoms with Gasteiger partial charge in [-0.15, -0.1) is 0 Å². The van der Waals surface area contributed by atoms with E-state index >= 15 is 0 Å². The van der Waals surface area contributed by atoms with E-state index in [1.807, 2.05) is 62.5 Å². The fourth-order valence-electron chi connectivity index (χ4n) is 3.37. The summed E-state index contributed by atoms with van der Waals surface area (Å²) < 4.78 is 11.5. The molecule has 2 atom stereocenters. The summed E-state index contributed by atoms with van der Waals surface area (Å²) >= 11 is 0. The zero-order chi connectivity index (χ0) is 20.1. The first-order valence-electron chi connectivity index (χ1n) is 9.95. The fourth-order valence-corrected chi connectivity index (χ4v) is 3.37. The largest absolute Gasteiger partial charge is 0.490 e. The number of carbonyl (C=O) groups is 1. The molecule has 1 aliphatic heterocycles. The Kier molecular flexibility index (Phi) is 6.45. The van der Waals surface area contributed by atoms with Crippen LogP contribution in [0.3, 0.4) is 0 Å². The zero-order valence-electron chi connectivity index (χ0n) is 17.1. The molecule has 0 spiro atoms. The molecule has 0 aliphatic carbocycles. The molecule has 0 bridgehead atoms. The Morgan fingerprint density at radius 1 is 0.964 bits per heavy atom. The van der Waals surface area contributed by atoms with Gasteiger partial charge >= 0.3 is 6.03 Å². The number of nitrogens with one attached hydrogen (secondary N) is 1. The normalized spacial score (nSPS) is 15.5. The number of hydrogen-bond donors (Lipinski definition) is 1. The molecule has 0 saturated carbocycles. The Bertz CT molecular complexity index is 792. The summed E-state index contributed by atoms with van der Waals surface area (Å²) in [5.41, 5.74) is 2.13. The van der Waals surface area contributed by atoms with E-state index in [9.17, 15) is 4.79 Å². The second-order valence-electron chi connectivity index (χ2n) is 7.63. The van der Waals surface area contributed by atoms with Crippen molar-refractivity contribution in [2.45, 2.75) is 39.3 Å². The van der Waals surface area contributed by atoms with E-state index in [-0.39, 0.29) is 24.0 Å². The van der Waals surface area contributed by atoms with Gasteiger partial charge in [0.15, 0.2) is 11.5 Å². The molecule has 2 aromatic carbocycles. The monoisotopic (exact) mass is 382 g/mol. The lowest BCUT2D eigenvalue weighted by molar-refractivity contribution is 0.186. The first-order chi connectivity index (χ1) is 13.5. The average molecular weight is 383 g/mol. The van der Waals surface area contributed by atoms with Gasteiger partial charge in [-0.2, -0.15) is 0 Å². The molecule has 0 unspecified atom stereocenters. The van der Waals surface area contributed by atoms with Gasteiger partial charge in [0.25, 0.3) is 0 Å². The lowest BCUT2D eigenvalue weighted by Gasteiger charge is -2.30. The number of carbonyl (C=O) groups excluding carboxylic acids is 1. The molecule has 2 amide bonds. The van der Waals surface area contributed by atoms with Crippen molar-refractivity contribution in [2.24, 2.45) is 5.92 Å². The number of fused-ring (bicyclic) bond motifs is 1. The van der Waals surface area contributed by atoms with Crippen molar-refractivity contribution in [2.75, 3.05) is 20.3 Å². The van der Waals surface area contributed by atoms with E-state index < -0.39 is 0 Å². The van der Waals surface area contributed by atoms with Gasteiger partial charge in [-0.25, -0.2) is 4.79 Å². The van der Waals surface area contributed by atoms with Crippen LogP contribution in [0.4, 0.5) is 4.79 Å². The quantitative estimate of drug-likeness (QED) is 0.796. The molecule has 5 heteroatoms. The number of benzene rings is 2. The first-order valence-corrected chi connectivity index (χ1v) is 9.95. The van der Waals surface area contributed by atoms with Gasteiger partial charge in [-0.3, -0.25) is 0 Å². The second-order valence-corrected chi connectivity index (χ2v) is 7.63. The Hall–Kier alpha value is -2.69. The molecule has 0 saturated heterocycles. The minimum Gasteiger partial charge on any atom is -0.490 e. The van der Waals surface area contributed by atoms with Gasteiger partial charge in [0.05, 0.1) is 25.3 Å². The zero-order valence-corrected chi connectivity index (χ0v) is 17.1. The topological polar surface area (TPSA) is 50.8 Å². The van der Waals surface area contributed by atoms with Gasteiger partial charge < -0.3 is 19.7 Å². The molecular weight excluding hydrogens is 352 g/mol. The van der Waals surface area contributed by atoms with Crippen LogP contribution in [-0.2, 0) is 0 Å². The maximum Gasteiger partial charge on any atom is 0.318 e. The number of rotatable bonds is 5. The van der Waals surface area contributed by atoms with Crippen LogP contribution in [0.1, 0.15) is 50.4 Å². The maximum atomic E-state index is 12.9. The van der Waals surface area contributed by atoms with E-state index in [1.54, 1.807) is 4.90 Å². The van der Waals surface area contributed by atoms with Crippen LogP contribution in [-0.4, -0.2) is 31.2 Å². The Morgan fingerprint density at radius 2 is 1.64 bits per heavy atom. The average Bonchev–Trinajstić information content (AvgIpc) is 2.96. The molecule has 0 fully saturated rings. The molecule has 0 aromatic heterocycles. The predicted molar refractivity (Wildman–Crippen MR) is 111 cm³/mol. The van der Waals surface area contributed by atoms with E-state index in [4.69, 9.17) is 9.47 Å². The summed E-state index contributed by atoms with van der Waals surface area (Å²) in [5, 5.41) is 3.20. The van der Waals surface area contributed by atoms with E-state index in [0.717, 1.165) is 29.0 Å². The van der Waals surface area contributed by atoms with Crippen LogP contribution < -0.4 is 14.8 Å². The third kappa shape index (κ3) is 4.58. The van der Waals surface area contributed by atoms with E-state index in [1.165, 1.54) is 0 Å². The highest BCUT2D eigenvalue weighted by Crippen LogP contribution is 2.34. The first kappa shape index (κ1) is 20.1. The van der Waals surface area contributed by atoms with Gasteiger partial charge in [0.1, 0.15) is 0 Å². The summed E-state index contributed by atoms with van der Waals surface area (Å²) in [5.74, 6) is 1.75. The van der Waals surface area contributed by atoms with Crippen molar-refractivity contribution in [3.05, 3.63) is 59.7 Å². The standard InChI is InChI=1S/C23H30N2O3/c1-16(2)22(19-11-12-20-21(15-19)28-14-8-13-27-20)24-23(26)25(4)17(3)18-9-6-5-7-10-18/h5-7,9-12,15-17,22H,8,13-14H2,1-4H3,(H,24,26)/t17-,22+/m0/s1. The molecule has 5 nitrogen and oxygen atoms in total. The molecular formula is C23H30N2O3. The number of nitrogens with zero attached hydrogens (tertiary/aromatic N) is 1. The molecule has 1 heterocycles. The van der Waals surface area contributed by atoms with Crippen LogP contribution in [0.2, 0.25) is 0 Å². The molecule has 2 aromatic rings. The number of urea groups is 1. The highest BCUT2D eigenvalue weighted by Gasteiger charge is 2.24. The fraction of sp³-hybridized carbons (Fsp3) is 0.435. The van der Waals surface area contributed by atoms with Crippen LogP contribution in [0, 0.1) is 5.92 Å². The molecule has 0 radical (unpaired) electrons. The van der Waals surface area contributed by atoms with Crippen LogP contribution >= 0.6 is 0 Å². The molecule has 3 rings (SSSR count). The lowest BCUT2D eigenvalue weighted by Crippen LogP contribution is -2.42. The summed E-state index contributed by atoms with van der Waals surface area (Å²) in [6.07, 6.45) is 0.872.